The first-order valence-electron chi connectivity index (χ1n) is 6.67. The average molecular weight is 352 g/mol. The number of amidine groups is 1. The van der Waals surface area contributed by atoms with Gasteiger partial charge in [-0.2, -0.15) is 5.10 Å². The molecular formula is C16H15ClFN3OS. The fourth-order valence-electron chi connectivity index (χ4n) is 1.74. The summed E-state index contributed by atoms with van der Waals surface area (Å²) >= 11 is 7.18. The van der Waals surface area contributed by atoms with Gasteiger partial charge in [-0.25, -0.2) is 4.39 Å². The molecule has 120 valence electrons. The summed E-state index contributed by atoms with van der Waals surface area (Å²) in [6.45, 7) is 0. The van der Waals surface area contributed by atoms with Crippen LogP contribution in [0.15, 0.2) is 52.7 Å². The second-order valence-corrected chi connectivity index (χ2v) is 5.84. The Balaban J connectivity index is 2.00. The van der Waals surface area contributed by atoms with Crippen molar-refractivity contribution in [2.24, 2.45) is 15.9 Å². The highest BCUT2D eigenvalue weighted by Crippen LogP contribution is 2.28. The molecule has 0 heterocycles. The molecule has 2 N–H and O–H groups in total. The summed E-state index contributed by atoms with van der Waals surface area (Å²) in [6.07, 6.45) is 1.27. The van der Waals surface area contributed by atoms with Gasteiger partial charge in [-0.1, -0.05) is 53.7 Å². The number of thioether (sulfide) groups is 1. The number of halogens is 2. The van der Waals surface area contributed by atoms with E-state index in [-0.39, 0.29) is 16.3 Å². The SMILES string of the molecule is COc1c(Cl)ccc(C=NN=C(N)SCc2ccccc2)c1F. The number of nitrogens with zero attached hydrogens (tertiary/aromatic N) is 2. The van der Waals surface area contributed by atoms with E-state index in [0.29, 0.717) is 10.9 Å². The van der Waals surface area contributed by atoms with Crippen LogP contribution in [0, 0.1) is 5.82 Å². The maximum atomic E-state index is 14.0. The predicted octanol–water partition coefficient (Wildman–Crippen LogP) is 4.07. The van der Waals surface area contributed by atoms with Crippen LogP contribution in [0.3, 0.4) is 0 Å². The Labute approximate surface area is 143 Å². The lowest BCUT2D eigenvalue weighted by Crippen LogP contribution is -2.06. The van der Waals surface area contributed by atoms with E-state index in [1.165, 1.54) is 37.2 Å². The zero-order chi connectivity index (χ0) is 16.7. The van der Waals surface area contributed by atoms with Gasteiger partial charge in [-0.3, -0.25) is 0 Å². The lowest BCUT2D eigenvalue weighted by atomic mass is 10.2. The van der Waals surface area contributed by atoms with Crippen LogP contribution in [0.2, 0.25) is 5.02 Å². The molecule has 4 nitrogen and oxygen atoms in total. The summed E-state index contributed by atoms with van der Waals surface area (Å²) in [4.78, 5) is 0. The summed E-state index contributed by atoms with van der Waals surface area (Å²) in [5.41, 5.74) is 7.11. The third-order valence-corrected chi connectivity index (χ3v) is 4.02. The second kappa shape index (κ2) is 8.55. The van der Waals surface area contributed by atoms with Crippen molar-refractivity contribution in [3.8, 4) is 5.75 Å². The average Bonchev–Trinajstić information content (AvgIpc) is 2.56. The number of nitrogens with two attached hydrogens (primary N) is 1. The highest BCUT2D eigenvalue weighted by Gasteiger charge is 2.11. The Kier molecular flexibility index (Phi) is 6.43. The molecule has 0 spiro atoms. The molecule has 0 saturated carbocycles. The van der Waals surface area contributed by atoms with Gasteiger partial charge in [0.05, 0.1) is 18.3 Å². The zero-order valence-corrected chi connectivity index (χ0v) is 13.9. The molecule has 0 bridgehead atoms. The third kappa shape index (κ3) is 4.97. The Bertz CT molecular complexity index is 723. The van der Waals surface area contributed by atoms with E-state index in [0.717, 1.165) is 5.56 Å². The molecule has 2 rings (SSSR count). The lowest BCUT2D eigenvalue weighted by molar-refractivity contribution is 0.386. The van der Waals surface area contributed by atoms with E-state index in [9.17, 15) is 4.39 Å². The maximum Gasteiger partial charge on any atom is 0.180 e. The fraction of sp³-hybridized carbons (Fsp3) is 0.125. The summed E-state index contributed by atoms with van der Waals surface area (Å²) in [5, 5.41) is 8.13. The molecular weight excluding hydrogens is 337 g/mol. The number of hydrogen-bond donors (Lipinski definition) is 1. The van der Waals surface area contributed by atoms with Crippen molar-refractivity contribution >= 4 is 34.7 Å². The quantitative estimate of drug-likeness (QED) is 0.502. The first kappa shape index (κ1) is 17.3. The molecule has 7 heteroatoms. The topological polar surface area (TPSA) is 60.0 Å². The van der Waals surface area contributed by atoms with Crippen LogP contribution in [0.5, 0.6) is 5.75 Å². The van der Waals surface area contributed by atoms with Gasteiger partial charge in [0.25, 0.3) is 0 Å². The van der Waals surface area contributed by atoms with Gasteiger partial charge >= 0.3 is 0 Å². The number of rotatable bonds is 5. The van der Waals surface area contributed by atoms with Crippen LogP contribution < -0.4 is 10.5 Å². The van der Waals surface area contributed by atoms with E-state index in [1.807, 2.05) is 30.3 Å². The molecule has 0 aromatic heterocycles. The Morgan fingerprint density at radius 3 is 2.74 bits per heavy atom. The molecule has 0 unspecified atom stereocenters. The van der Waals surface area contributed by atoms with Crippen LogP contribution in [0.25, 0.3) is 0 Å². The van der Waals surface area contributed by atoms with Crippen molar-refractivity contribution in [2.75, 3.05) is 7.11 Å². The highest BCUT2D eigenvalue weighted by atomic mass is 35.5. The molecule has 23 heavy (non-hydrogen) atoms. The zero-order valence-electron chi connectivity index (χ0n) is 12.4. The van der Waals surface area contributed by atoms with Gasteiger partial charge in [0, 0.05) is 11.3 Å². The van der Waals surface area contributed by atoms with Gasteiger partial charge in [0.2, 0.25) is 0 Å². The van der Waals surface area contributed by atoms with Crippen LogP contribution in [0.4, 0.5) is 4.39 Å². The predicted molar refractivity (Wildman–Crippen MR) is 94.9 cm³/mol. The van der Waals surface area contributed by atoms with Crippen LogP contribution in [0.1, 0.15) is 11.1 Å². The number of hydrogen-bond acceptors (Lipinski definition) is 4. The van der Waals surface area contributed by atoms with Crippen LogP contribution in [-0.2, 0) is 5.75 Å². The van der Waals surface area contributed by atoms with Gasteiger partial charge in [0.15, 0.2) is 16.7 Å². The number of ether oxygens (including phenoxy) is 1. The normalized spacial score (nSPS) is 11.9. The first-order valence-corrected chi connectivity index (χ1v) is 8.03. The van der Waals surface area contributed by atoms with Gasteiger partial charge < -0.3 is 10.5 Å². The van der Waals surface area contributed by atoms with Crippen molar-refractivity contribution in [3.05, 3.63) is 64.4 Å². The van der Waals surface area contributed by atoms with Crippen molar-refractivity contribution < 1.29 is 9.13 Å². The van der Waals surface area contributed by atoms with E-state index in [4.69, 9.17) is 22.1 Å². The van der Waals surface area contributed by atoms with Crippen molar-refractivity contribution in [1.29, 1.82) is 0 Å². The van der Waals surface area contributed by atoms with Crippen molar-refractivity contribution in [2.45, 2.75) is 5.75 Å². The minimum atomic E-state index is -0.588. The van der Waals surface area contributed by atoms with Gasteiger partial charge in [-0.15, -0.1) is 5.10 Å². The number of methoxy groups -OCH3 is 1. The minimum absolute atomic E-state index is 0.0222. The largest absolute Gasteiger partial charge is 0.492 e. The molecule has 0 saturated heterocycles. The molecule has 0 aliphatic rings. The molecule has 0 aliphatic carbocycles. The molecule has 2 aromatic rings. The number of benzene rings is 2. The van der Waals surface area contributed by atoms with E-state index in [1.54, 1.807) is 0 Å². The van der Waals surface area contributed by atoms with Crippen LogP contribution in [-0.4, -0.2) is 18.5 Å². The molecule has 0 amide bonds. The minimum Gasteiger partial charge on any atom is -0.492 e. The molecule has 0 aliphatic heterocycles. The third-order valence-electron chi connectivity index (χ3n) is 2.87. The summed E-state index contributed by atoms with van der Waals surface area (Å²) in [5.74, 6) is 0.0786. The summed E-state index contributed by atoms with van der Waals surface area (Å²) < 4.78 is 18.9. The standard InChI is InChI=1S/C16H15ClFN3OS/c1-22-15-13(17)8-7-12(14(15)18)9-20-21-16(19)23-10-11-5-3-2-4-6-11/h2-9H,10H2,1H3,(H2,19,21). The Morgan fingerprint density at radius 1 is 1.30 bits per heavy atom. The smallest absolute Gasteiger partial charge is 0.180 e. The highest BCUT2D eigenvalue weighted by molar-refractivity contribution is 8.13. The van der Waals surface area contributed by atoms with Gasteiger partial charge in [-0.05, 0) is 17.7 Å². The van der Waals surface area contributed by atoms with Crippen LogP contribution >= 0.6 is 23.4 Å². The molecule has 0 atom stereocenters. The molecule has 0 radical (unpaired) electrons. The second-order valence-electron chi connectivity index (χ2n) is 4.44. The molecule has 0 fully saturated rings. The fourth-order valence-corrected chi connectivity index (χ4v) is 2.58. The Morgan fingerprint density at radius 2 is 2.04 bits per heavy atom. The maximum absolute atomic E-state index is 14.0. The van der Waals surface area contributed by atoms with Gasteiger partial charge in [0.1, 0.15) is 0 Å². The summed E-state index contributed by atoms with van der Waals surface area (Å²) in [7, 11) is 1.35. The Hall–Kier alpha value is -2.05. The molecule has 2 aromatic carbocycles. The van der Waals surface area contributed by atoms with Crippen molar-refractivity contribution in [1.82, 2.24) is 0 Å². The first-order chi connectivity index (χ1) is 11.1. The monoisotopic (exact) mass is 351 g/mol. The summed E-state index contributed by atoms with van der Waals surface area (Å²) in [6, 6.07) is 12.9. The van der Waals surface area contributed by atoms with E-state index >= 15 is 0 Å². The van der Waals surface area contributed by atoms with Crippen molar-refractivity contribution in [3.63, 3.8) is 0 Å². The van der Waals surface area contributed by atoms with E-state index < -0.39 is 5.82 Å². The van der Waals surface area contributed by atoms with E-state index in [2.05, 4.69) is 10.2 Å². The lowest BCUT2D eigenvalue weighted by Gasteiger charge is -2.05.